The molecular weight excluding hydrogens is 328 g/mol. The van der Waals surface area contributed by atoms with Crippen LogP contribution in [0.1, 0.15) is 25.3 Å². The van der Waals surface area contributed by atoms with E-state index in [2.05, 4.69) is 17.0 Å². The van der Waals surface area contributed by atoms with E-state index in [9.17, 15) is 8.42 Å². The molecule has 1 aromatic carbocycles. The molecule has 2 rings (SSSR count). The first-order valence-electron chi connectivity index (χ1n) is 7.12. The lowest BCUT2D eigenvalue weighted by molar-refractivity contribution is 0.563. The van der Waals surface area contributed by atoms with E-state index < -0.39 is 10.0 Å². The predicted molar refractivity (Wildman–Crippen MR) is 89.5 cm³/mol. The summed E-state index contributed by atoms with van der Waals surface area (Å²) in [5, 5.41) is 3.75. The molecule has 0 saturated carbocycles. The van der Waals surface area contributed by atoms with Crippen molar-refractivity contribution in [1.82, 2.24) is 10.0 Å². The van der Waals surface area contributed by atoms with Gasteiger partial charge < -0.3 is 5.32 Å². The van der Waals surface area contributed by atoms with Crippen molar-refractivity contribution in [1.29, 1.82) is 0 Å². The van der Waals surface area contributed by atoms with Crippen LogP contribution in [0.5, 0.6) is 0 Å². The molecule has 2 N–H and O–H groups in total. The van der Waals surface area contributed by atoms with Crippen LogP contribution in [0.25, 0.3) is 0 Å². The van der Waals surface area contributed by atoms with Gasteiger partial charge in [-0.05, 0) is 42.8 Å². The van der Waals surface area contributed by atoms with Gasteiger partial charge in [0.25, 0.3) is 0 Å². The highest BCUT2D eigenvalue weighted by Gasteiger charge is 2.23. The van der Waals surface area contributed by atoms with E-state index in [1.54, 1.807) is 23.9 Å². The molecule has 0 aromatic heterocycles. The van der Waals surface area contributed by atoms with Gasteiger partial charge in [0.2, 0.25) is 10.0 Å². The van der Waals surface area contributed by atoms with Crippen LogP contribution in [0.4, 0.5) is 0 Å². The van der Waals surface area contributed by atoms with Gasteiger partial charge in [0.15, 0.2) is 0 Å². The fraction of sp³-hybridized carbons (Fsp3) is 0.571. The normalized spacial score (nSPS) is 19.0. The number of hydrogen-bond acceptors (Lipinski definition) is 4. The lowest BCUT2D eigenvalue weighted by atomic mass is 10.2. The molecule has 1 aliphatic rings. The summed E-state index contributed by atoms with van der Waals surface area (Å²) in [4.78, 5) is 0.239. The number of thioether (sulfide) groups is 1. The average molecular weight is 349 g/mol. The Morgan fingerprint density at radius 3 is 2.86 bits per heavy atom. The van der Waals surface area contributed by atoms with Crippen LogP contribution in [-0.4, -0.2) is 32.5 Å². The molecule has 1 saturated heterocycles. The van der Waals surface area contributed by atoms with Crippen LogP contribution in [0.3, 0.4) is 0 Å². The Hall–Kier alpha value is -0.270. The van der Waals surface area contributed by atoms with Gasteiger partial charge in [-0.1, -0.05) is 24.6 Å². The highest BCUT2D eigenvalue weighted by atomic mass is 35.5. The van der Waals surface area contributed by atoms with E-state index in [-0.39, 0.29) is 10.9 Å². The first-order chi connectivity index (χ1) is 10.0. The van der Waals surface area contributed by atoms with E-state index in [0.717, 1.165) is 36.5 Å². The highest BCUT2D eigenvalue weighted by Crippen LogP contribution is 2.23. The molecule has 1 aromatic rings. The summed E-state index contributed by atoms with van der Waals surface area (Å²) < 4.78 is 27.4. The van der Waals surface area contributed by atoms with Gasteiger partial charge in [-0.15, -0.1) is 0 Å². The predicted octanol–water partition coefficient (Wildman–Crippen LogP) is 2.62. The molecule has 118 valence electrons. The third kappa shape index (κ3) is 4.86. The zero-order valence-corrected chi connectivity index (χ0v) is 14.5. The van der Waals surface area contributed by atoms with Crippen molar-refractivity contribution < 1.29 is 8.42 Å². The van der Waals surface area contributed by atoms with Gasteiger partial charge in [-0.25, -0.2) is 13.1 Å². The molecule has 0 bridgehead atoms. The minimum atomic E-state index is -3.48. The summed E-state index contributed by atoms with van der Waals surface area (Å²) in [6.07, 6.45) is 1.93. The minimum Gasteiger partial charge on any atom is -0.313 e. The largest absolute Gasteiger partial charge is 0.313 e. The maximum atomic E-state index is 12.3. The third-order valence-corrected chi connectivity index (χ3v) is 6.36. The molecule has 0 aliphatic carbocycles. The number of halogens is 1. The standard InChI is InChI=1S/C14H21ClN2O2S2/c1-2-6-16-9-11-3-4-13(8-14(11)15)21(18,19)17-12-5-7-20-10-12/h3-4,8,12,16-17H,2,5-7,9-10H2,1H3. The third-order valence-electron chi connectivity index (χ3n) is 3.33. The van der Waals surface area contributed by atoms with Crippen molar-refractivity contribution in [2.24, 2.45) is 0 Å². The van der Waals surface area contributed by atoms with Crippen LogP contribution < -0.4 is 10.0 Å². The maximum Gasteiger partial charge on any atom is 0.240 e. The van der Waals surface area contributed by atoms with Crippen molar-refractivity contribution >= 4 is 33.4 Å². The van der Waals surface area contributed by atoms with Crippen molar-refractivity contribution in [2.75, 3.05) is 18.1 Å². The summed E-state index contributed by atoms with van der Waals surface area (Å²) in [6.45, 7) is 3.66. The first kappa shape index (κ1) is 17.1. The van der Waals surface area contributed by atoms with Gasteiger partial charge in [0.1, 0.15) is 0 Å². The van der Waals surface area contributed by atoms with Crippen molar-refractivity contribution in [2.45, 2.75) is 37.2 Å². The van der Waals surface area contributed by atoms with Gasteiger partial charge in [-0.3, -0.25) is 0 Å². The maximum absolute atomic E-state index is 12.3. The quantitative estimate of drug-likeness (QED) is 0.744. The number of sulfonamides is 1. The molecule has 1 fully saturated rings. The molecule has 0 amide bonds. The zero-order valence-electron chi connectivity index (χ0n) is 12.1. The van der Waals surface area contributed by atoms with Crippen LogP contribution >= 0.6 is 23.4 Å². The smallest absolute Gasteiger partial charge is 0.240 e. The Morgan fingerprint density at radius 2 is 2.24 bits per heavy atom. The van der Waals surface area contributed by atoms with E-state index in [4.69, 9.17) is 11.6 Å². The Bertz CT molecular complexity index is 572. The molecule has 4 nitrogen and oxygen atoms in total. The summed E-state index contributed by atoms with van der Waals surface area (Å²) >= 11 is 7.97. The Balaban J connectivity index is 2.07. The molecule has 1 atom stereocenters. The molecule has 7 heteroatoms. The molecule has 1 unspecified atom stereocenters. The van der Waals surface area contributed by atoms with Crippen molar-refractivity contribution in [3.8, 4) is 0 Å². The van der Waals surface area contributed by atoms with Gasteiger partial charge in [-0.2, -0.15) is 11.8 Å². The summed E-state index contributed by atoms with van der Waals surface area (Å²) in [7, 11) is -3.48. The summed E-state index contributed by atoms with van der Waals surface area (Å²) in [5.41, 5.74) is 0.917. The Kier molecular flexibility index (Phi) is 6.37. The van der Waals surface area contributed by atoms with Crippen molar-refractivity contribution in [3.63, 3.8) is 0 Å². The minimum absolute atomic E-state index is 0.0321. The summed E-state index contributed by atoms with van der Waals surface area (Å²) in [5.74, 6) is 1.85. The second-order valence-electron chi connectivity index (χ2n) is 5.11. The molecule has 0 radical (unpaired) electrons. The monoisotopic (exact) mass is 348 g/mol. The lowest BCUT2D eigenvalue weighted by Gasteiger charge is -2.13. The van der Waals surface area contributed by atoms with Gasteiger partial charge in [0, 0.05) is 23.4 Å². The number of rotatable bonds is 7. The molecule has 1 aliphatic heterocycles. The zero-order chi connectivity index (χ0) is 15.3. The van der Waals surface area contributed by atoms with E-state index >= 15 is 0 Å². The number of benzene rings is 1. The Labute approximate surface area is 136 Å². The van der Waals surface area contributed by atoms with Crippen LogP contribution in [0, 0.1) is 0 Å². The van der Waals surface area contributed by atoms with Crippen LogP contribution in [0.15, 0.2) is 23.1 Å². The Morgan fingerprint density at radius 1 is 1.43 bits per heavy atom. The molecule has 21 heavy (non-hydrogen) atoms. The average Bonchev–Trinajstić information content (AvgIpc) is 2.93. The fourth-order valence-electron chi connectivity index (χ4n) is 2.15. The second-order valence-corrected chi connectivity index (χ2v) is 8.38. The molecule has 1 heterocycles. The fourth-order valence-corrected chi connectivity index (χ4v) is 5.02. The van der Waals surface area contributed by atoms with Gasteiger partial charge in [0.05, 0.1) is 4.90 Å². The van der Waals surface area contributed by atoms with E-state index in [1.165, 1.54) is 6.07 Å². The van der Waals surface area contributed by atoms with Crippen molar-refractivity contribution in [3.05, 3.63) is 28.8 Å². The van der Waals surface area contributed by atoms with Crippen LogP contribution in [0.2, 0.25) is 5.02 Å². The highest BCUT2D eigenvalue weighted by molar-refractivity contribution is 7.99. The van der Waals surface area contributed by atoms with Gasteiger partial charge >= 0.3 is 0 Å². The van der Waals surface area contributed by atoms with Crippen LogP contribution in [-0.2, 0) is 16.6 Å². The topological polar surface area (TPSA) is 58.2 Å². The first-order valence-corrected chi connectivity index (χ1v) is 10.1. The molecule has 0 spiro atoms. The summed E-state index contributed by atoms with van der Waals surface area (Å²) in [6, 6.07) is 4.97. The SMILES string of the molecule is CCCNCc1ccc(S(=O)(=O)NC2CCSC2)cc1Cl. The lowest BCUT2D eigenvalue weighted by Crippen LogP contribution is -2.34. The molecular formula is C14H21ClN2O2S2. The second kappa shape index (κ2) is 7.83. The number of hydrogen-bond donors (Lipinski definition) is 2. The van der Waals surface area contributed by atoms with E-state index in [0.29, 0.717) is 11.6 Å². The number of nitrogens with one attached hydrogen (secondary N) is 2. The van der Waals surface area contributed by atoms with E-state index in [1.807, 2.05) is 0 Å².